The maximum Gasteiger partial charge on any atom is 0.257 e. The first kappa shape index (κ1) is 22.4. The van der Waals surface area contributed by atoms with Crippen molar-refractivity contribution < 1.29 is 23.3 Å². The molecule has 0 bridgehead atoms. The third-order valence-electron chi connectivity index (χ3n) is 5.85. The zero-order valence-corrected chi connectivity index (χ0v) is 19.1. The van der Waals surface area contributed by atoms with Crippen LogP contribution < -0.4 is 19.9 Å². The van der Waals surface area contributed by atoms with Crippen molar-refractivity contribution in [1.82, 2.24) is 4.72 Å². The standard InChI is InChI=1S/C26H19N3O5S/c27-14-16-6-9-18(12-21(16)26(28)31)34-22-3-1-2-19-20(22)10-11-23(19)33-17-7-4-15(5-8-17)24-13-25(30)29-35(24)32/h1-9,12-13,23H,10-11H2,(H2,28,31)(H,29,30)/t23-,35?/m1/s1. The lowest BCUT2D eigenvalue weighted by Crippen LogP contribution is -2.16. The number of hydrogen-bond acceptors (Lipinski definition) is 6. The van der Waals surface area contributed by atoms with Gasteiger partial charge in [-0.05, 0) is 60.4 Å². The fraction of sp³-hybridized carbons (Fsp3) is 0.115. The number of benzene rings is 3. The molecule has 1 heterocycles. The number of nitriles is 1. The Hall–Kier alpha value is -4.42. The van der Waals surface area contributed by atoms with Crippen molar-refractivity contribution in [2.45, 2.75) is 18.9 Å². The number of nitrogens with two attached hydrogens (primary N) is 1. The van der Waals surface area contributed by atoms with E-state index in [0.717, 1.165) is 24.0 Å². The molecule has 35 heavy (non-hydrogen) atoms. The first-order chi connectivity index (χ1) is 16.9. The molecule has 8 nitrogen and oxygen atoms in total. The predicted molar refractivity (Wildman–Crippen MR) is 129 cm³/mol. The Morgan fingerprint density at radius 3 is 2.57 bits per heavy atom. The first-order valence-corrected chi connectivity index (χ1v) is 11.9. The van der Waals surface area contributed by atoms with Gasteiger partial charge in [0.15, 0.2) is 11.0 Å². The first-order valence-electron chi connectivity index (χ1n) is 10.8. The molecule has 0 radical (unpaired) electrons. The second-order valence-electron chi connectivity index (χ2n) is 8.02. The van der Waals surface area contributed by atoms with Gasteiger partial charge in [0.2, 0.25) is 5.91 Å². The Kier molecular flexibility index (Phi) is 5.81. The molecule has 0 saturated carbocycles. The summed E-state index contributed by atoms with van der Waals surface area (Å²) in [6, 6.07) is 19.4. The number of ether oxygens (including phenoxy) is 2. The van der Waals surface area contributed by atoms with Crippen LogP contribution in [-0.4, -0.2) is 16.0 Å². The van der Waals surface area contributed by atoms with Crippen molar-refractivity contribution in [1.29, 1.82) is 5.26 Å². The molecule has 0 spiro atoms. The molecule has 1 aliphatic heterocycles. The summed E-state index contributed by atoms with van der Waals surface area (Å²) in [4.78, 5) is 23.5. The van der Waals surface area contributed by atoms with Crippen LogP contribution in [0.2, 0.25) is 0 Å². The normalized spacial score (nSPS) is 18.3. The average Bonchev–Trinajstić information content (AvgIpc) is 3.42. The highest BCUT2D eigenvalue weighted by Gasteiger charge is 2.27. The highest BCUT2D eigenvalue weighted by molar-refractivity contribution is 7.93. The molecule has 2 aliphatic rings. The maximum atomic E-state index is 12.0. The molecule has 3 aromatic carbocycles. The largest absolute Gasteiger partial charge is 0.486 e. The van der Waals surface area contributed by atoms with Gasteiger partial charge in [-0.15, -0.1) is 0 Å². The molecule has 2 atom stereocenters. The number of primary amides is 1. The van der Waals surface area contributed by atoms with Gasteiger partial charge in [0, 0.05) is 11.6 Å². The molecular weight excluding hydrogens is 466 g/mol. The zero-order valence-electron chi connectivity index (χ0n) is 18.3. The monoisotopic (exact) mass is 485 g/mol. The van der Waals surface area contributed by atoms with Gasteiger partial charge in [-0.1, -0.05) is 24.3 Å². The van der Waals surface area contributed by atoms with Crippen LogP contribution in [-0.2, 0) is 22.2 Å². The molecule has 3 aromatic rings. The molecule has 0 saturated heterocycles. The number of hydrogen-bond donors (Lipinski definition) is 2. The summed E-state index contributed by atoms with van der Waals surface area (Å²) < 4.78 is 26.6. The van der Waals surface area contributed by atoms with Gasteiger partial charge in [-0.2, -0.15) is 5.26 Å². The Morgan fingerprint density at radius 1 is 1.11 bits per heavy atom. The van der Waals surface area contributed by atoms with E-state index >= 15 is 0 Å². The molecule has 1 unspecified atom stereocenters. The van der Waals surface area contributed by atoms with E-state index in [1.54, 1.807) is 30.3 Å². The van der Waals surface area contributed by atoms with Crippen molar-refractivity contribution >= 4 is 27.7 Å². The van der Waals surface area contributed by atoms with E-state index in [9.17, 15) is 19.1 Å². The summed E-state index contributed by atoms with van der Waals surface area (Å²) in [5.74, 6) is 0.656. The molecule has 0 aromatic heterocycles. The van der Waals surface area contributed by atoms with Crippen LogP contribution in [0, 0.1) is 11.3 Å². The second-order valence-corrected chi connectivity index (χ2v) is 9.20. The third kappa shape index (κ3) is 4.39. The lowest BCUT2D eigenvalue weighted by Gasteiger charge is -2.16. The van der Waals surface area contributed by atoms with Crippen molar-refractivity contribution in [2.24, 2.45) is 5.73 Å². The second kappa shape index (κ2) is 9.08. The van der Waals surface area contributed by atoms with Crippen LogP contribution >= 0.6 is 0 Å². The van der Waals surface area contributed by atoms with Gasteiger partial charge < -0.3 is 15.2 Å². The Morgan fingerprint density at radius 2 is 1.89 bits per heavy atom. The van der Waals surface area contributed by atoms with Crippen molar-refractivity contribution in [2.75, 3.05) is 0 Å². The number of nitrogens with zero attached hydrogens (tertiary/aromatic N) is 1. The van der Waals surface area contributed by atoms with E-state index in [4.69, 9.17) is 15.2 Å². The average molecular weight is 486 g/mol. The summed E-state index contributed by atoms with van der Waals surface area (Å²) in [7, 11) is -1.54. The van der Waals surface area contributed by atoms with Crippen LogP contribution in [0.1, 0.15) is 45.1 Å². The Bertz CT molecular complexity index is 1460. The molecule has 5 rings (SSSR count). The van der Waals surface area contributed by atoms with Gasteiger partial charge in [0.05, 0.1) is 22.1 Å². The quantitative estimate of drug-likeness (QED) is 0.548. The summed E-state index contributed by atoms with van der Waals surface area (Å²) in [6.45, 7) is 0. The number of nitrogens with one attached hydrogen (secondary N) is 1. The van der Waals surface area contributed by atoms with E-state index in [0.29, 0.717) is 27.7 Å². The molecule has 2 amide bonds. The third-order valence-corrected chi connectivity index (χ3v) is 6.99. The van der Waals surface area contributed by atoms with E-state index in [-0.39, 0.29) is 23.1 Å². The van der Waals surface area contributed by atoms with Gasteiger partial charge in [-0.25, -0.2) is 4.21 Å². The van der Waals surface area contributed by atoms with E-state index in [1.807, 2.05) is 24.3 Å². The topological polar surface area (TPSA) is 132 Å². The SMILES string of the molecule is N#Cc1ccc(Oc2cccc3c2CC[C@H]3Oc2ccc(C3=CC(=O)NS3=O)cc2)cc1C(N)=O. The lowest BCUT2D eigenvalue weighted by atomic mass is 10.1. The van der Waals surface area contributed by atoms with Crippen molar-refractivity contribution in [3.63, 3.8) is 0 Å². The molecule has 0 fully saturated rings. The molecule has 174 valence electrons. The van der Waals surface area contributed by atoms with Crippen LogP contribution in [0.4, 0.5) is 0 Å². The van der Waals surface area contributed by atoms with Crippen LogP contribution in [0.25, 0.3) is 4.91 Å². The van der Waals surface area contributed by atoms with Crippen LogP contribution in [0.5, 0.6) is 17.2 Å². The smallest absolute Gasteiger partial charge is 0.257 e. The fourth-order valence-electron chi connectivity index (χ4n) is 4.22. The molecular formula is C26H19N3O5S. The molecule has 9 heteroatoms. The van der Waals surface area contributed by atoms with Crippen LogP contribution in [0.15, 0.2) is 66.7 Å². The van der Waals surface area contributed by atoms with E-state index in [1.165, 1.54) is 18.2 Å². The van der Waals surface area contributed by atoms with Gasteiger partial charge in [-0.3, -0.25) is 14.3 Å². The summed E-state index contributed by atoms with van der Waals surface area (Å²) in [5, 5.41) is 9.17. The summed E-state index contributed by atoms with van der Waals surface area (Å²) >= 11 is 0. The molecule has 3 N–H and O–H groups in total. The number of amides is 2. The minimum absolute atomic E-state index is 0.111. The minimum Gasteiger partial charge on any atom is -0.486 e. The predicted octanol–water partition coefficient (Wildman–Crippen LogP) is 3.65. The van der Waals surface area contributed by atoms with Crippen molar-refractivity contribution in [3.8, 4) is 23.3 Å². The van der Waals surface area contributed by atoms with E-state index < -0.39 is 16.9 Å². The van der Waals surface area contributed by atoms with Gasteiger partial charge >= 0.3 is 0 Å². The molecule has 1 aliphatic carbocycles. The van der Waals surface area contributed by atoms with E-state index in [2.05, 4.69) is 4.72 Å². The summed E-state index contributed by atoms with van der Waals surface area (Å²) in [6.07, 6.45) is 2.66. The van der Waals surface area contributed by atoms with Crippen molar-refractivity contribution in [3.05, 3.63) is 94.6 Å². The highest BCUT2D eigenvalue weighted by atomic mass is 32.2. The highest BCUT2D eigenvalue weighted by Crippen LogP contribution is 2.41. The lowest BCUT2D eigenvalue weighted by molar-refractivity contribution is -0.114. The van der Waals surface area contributed by atoms with Gasteiger partial charge in [0.25, 0.3) is 5.91 Å². The van der Waals surface area contributed by atoms with Crippen LogP contribution in [0.3, 0.4) is 0 Å². The Labute approximate surface area is 203 Å². The van der Waals surface area contributed by atoms with Gasteiger partial charge in [0.1, 0.15) is 23.4 Å². The number of rotatable bonds is 6. The number of fused-ring (bicyclic) bond motifs is 1. The summed E-state index contributed by atoms with van der Waals surface area (Å²) in [5.41, 5.74) is 8.40. The number of carbonyl (C=O) groups excluding carboxylic acids is 2. The minimum atomic E-state index is -1.54. The number of carbonyl (C=O) groups is 2. The Balaban J connectivity index is 1.34. The maximum absolute atomic E-state index is 12.0. The zero-order chi connectivity index (χ0) is 24.5. The fourth-order valence-corrected chi connectivity index (χ4v) is 5.13.